The first-order chi connectivity index (χ1) is 9.51. The minimum absolute atomic E-state index is 0.144. The van der Waals surface area contributed by atoms with Crippen molar-refractivity contribution in [2.75, 3.05) is 14.2 Å². The molecule has 0 saturated carbocycles. The lowest BCUT2D eigenvalue weighted by atomic mass is 10.1. The summed E-state index contributed by atoms with van der Waals surface area (Å²) < 4.78 is 14.5. The van der Waals surface area contributed by atoms with Gasteiger partial charge >= 0.3 is 11.9 Å². The molecule has 1 aromatic carbocycles. The number of methoxy groups -OCH3 is 2. The van der Waals surface area contributed by atoms with E-state index in [1.54, 1.807) is 18.2 Å². The van der Waals surface area contributed by atoms with Gasteiger partial charge in [-0.05, 0) is 23.8 Å². The van der Waals surface area contributed by atoms with Gasteiger partial charge in [0.25, 0.3) is 0 Å². The second-order valence-electron chi connectivity index (χ2n) is 3.67. The van der Waals surface area contributed by atoms with E-state index in [4.69, 9.17) is 14.7 Å². The minimum Gasteiger partial charge on any atom is -0.493 e. The highest BCUT2D eigenvalue weighted by atomic mass is 16.6. The summed E-state index contributed by atoms with van der Waals surface area (Å²) in [4.78, 5) is 22.2. The topological polar surface area (TPSA) is 85.6 Å². The number of esters is 2. The zero-order valence-electron chi connectivity index (χ0n) is 11.3. The van der Waals surface area contributed by atoms with Gasteiger partial charge in [-0.3, -0.25) is 4.79 Å². The molecule has 1 rings (SSSR count). The molecule has 0 heterocycles. The Morgan fingerprint density at radius 1 is 1.25 bits per heavy atom. The maximum absolute atomic E-state index is 11.3. The second-order valence-corrected chi connectivity index (χ2v) is 3.67. The maximum Gasteiger partial charge on any atom is 0.348 e. The van der Waals surface area contributed by atoms with E-state index in [1.807, 2.05) is 0 Å². The van der Waals surface area contributed by atoms with E-state index in [1.165, 1.54) is 33.3 Å². The van der Waals surface area contributed by atoms with Gasteiger partial charge in [0.05, 0.1) is 14.2 Å². The summed E-state index contributed by atoms with van der Waals surface area (Å²) in [5.41, 5.74) is 0.398. The third kappa shape index (κ3) is 3.85. The molecular weight excluding hydrogens is 262 g/mol. The number of hydrogen-bond acceptors (Lipinski definition) is 6. The molecule has 0 aliphatic rings. The predicted octanol–water partition coefficient (Wildman–Crippen LogP) is 1.70. The van der Waals surface area contributed by atoms with Gasteiger partial charge < -0.3 is 14.2 Å². The molecule has 0 amide bonds. The molecule has 0 saturated heterocycles. The average molecular weight is 275 g/mol. The molecule has 0 atom stereocenters. The lowest BCUT2D eigenvalue weighted by molar-refractivity contribution is -0.135. The van der Waals surface area contributed by atoms with Crippen LogP contribution in [0.3, 0.4) is 0 Å². The summed E-state index contributed by atoms with van der Waals surface area (Å²) in [5.74, 6) is -0.626. The molecule has 0 aromatic heterocycles. The van der Waals surface area contributed by atoms with Crippen LogP contribution in [0.2, 0.25) is 0 Å². The molecule has 0 aliphatic carbocycles. The standard InChI is InChI=1S/C14H13NO5/c1-9(16)20-12-5-4-10(7-13(12)18-2)6-11(8-15)14(17)19-3/h4-7H,1-3H3/b11-6-. The van der Waals surface area contributed by atoms with Crippen molar-refractivity contribution in [1.82, 2.24) is 0 Å². The zero-order chi connectivity index (χ0) is 15.1. The van der Waals surface area contributed by atoms with Crippen LogP contribution in [0.4, 0.5) is 0 Å². The molecule has 20 heavy (non-hydrogen) atoms. The summed E-state index contributed by atoms with van der Waals surface area (Å²) in [6.07, 6.45) is 1.35. The smallest absolute Gasteiger partial charge is 0.348 e. The molecule has 6 heteroatoms. The van der Waals surface area contributed by atoms with Crippen molar-refractivity contribution in [3.05, 3.63) is 29.3 Å². The molecule has 0 bridgehead atoms. The van der Waals surface area contributed by atoms with Crippen molar-refractivity contribution in [1.29, 1.82) is 5.26 Å². The second kappa shape index (κ2) is 6.95. The van der Waals surface area contributed by atoms with Gasteiger partial charge in [0.15, 0.2) is 11.5 Å². The summed E-state index contributed by atoms with van der Waals surface area (Å²) in [6, 6.07) is 6.38. The van der Waals surface area contributed by atoms with Crippen LogP contribution in [0.1, 0.15) is 12.5 Å². The van der Waals surface area contributed by atoms with Crippen LogP contribution in [0.25, 0.3) is 6.08 Å². The summed E-state index contributed by atoms with van der Waals surface area (Å²) >= 11 is 0. The lowest BCUT2D eigenvalue weighted by Gasteiger charge is -2.08. The highest BCUT2D eigenvalue weighted by Gasteiger charge is 2.11. The van der Waals surface area contributed by atoms with Crippen molar-refractivity contribution in [3.63, 3.8) is 0 Å². The number of carbonyl (C=O) groups is 2. The monoisotopic (exact) mass is 275 g/mol. The third-order valence-electron chi connectivity index (χ3n) is 2.28. The molecule has 0 spiro atoms. The van der Waals surface area contributed by atoms with Gasteiger partial charge in [-0.15, -0.1) is 0 Å². The van der Waals surface area contributed by atoms with Crippen molar-refractivity contribution in [2.45, 2.75) is 6.92 Å². The van der Waals surface area contributed by atoms with Crippen molar-refractivity contribution in [2.24, 2.45) is 0 Å². The Hall–Kier alpha value is -2.81. The van der Waals surface area contributed by atoms with Crippen LogP contribution < -0.4 is 9.47 Å². The van der Waals surface area contributed by atoms with Gasteiger partial charge in [-0.2, -0.15) is 5.26 Å². The highest BCUT2D eigenvalue weighted by molar-refractivity contribution is 5.97. The Morgan fingerprint density at radius 2 is 1.95 bits per heavy atom. The fourth-order valence-corrected chi connectivity index (χ4v) is 1.43. The molecule has 1 aromatic rings. The number of hydrogen-bond donors (Lipinski definition) is 0. The van der Waals surface area contributed by atoms with Gasteiger partial charge in [-0.25, -0.2) is 4.79 Å². The Balaban J connectivity index is 3.16. The molecule has 104 valence electrons. The number of ether oxygens (including phenoxy) is 3. The van der Waals surface area contributed by atoms with Gasteiger partial charge in [0, 0.05) is 6.92 Å². The summed E-state index contributed by atoms with van der Waals surface area (Å²) in [6.45, 7) is 1.28. The Bertz CT molecular complexity index is 598. The van der Waals surface area contributed by atoms with E-state index >= 15 is 0 Å². The molecule has 0 fully saturated rings. The normalized spacial score (nSPS) is 10.4. The molecule has 6 nitrogen and oxygen atoms in total. The quantitative estimate of drug-likeness (QED) is 0.360. The third-order valence-corrected chi connectivity index (χ3v) is 2.28. The van der Waals surface area contributed by atoms with E-state index in [2.05, 4.69) is 4.74 Å². The fraction of sp³-hybridized carbons (Fsp3) is 0.214. The molecule has 0 unspecified atom stereocenters. The SMILES string of the molecule is COC(=O)/C(C#N)=C\c1ccc(OC(C)=O)c(OC)c1. The fourth-order valence-electron chi connectivity index (χ4n) is 1.43. The van der Waals surface area contributed by atoms with E-state index in [0.717, 1.165) is 0 Å². The first-order valence-corrected chi connectivity index (χ1v) is 5.58. The van der Waals surface area contributed by atoms with E-state index in [9.17, 15) is 9.59 Å². The molecule has 0 radical (unpaired) electrons. The van der Waals surface area contributed by atoms with Crippen LogP contribution in [0.5, 0.6) is 11.5 Å². The number of carbonyl (C=O) groups excluding carboxylic acids is 2. The van der Waals surface area contributed by atoms with Crippen LogP contribution in [0, 0.1) is 11.3 Å². The van der Waals surface area contributed by atoms with Crippen molar-refractivity contribution in [3.8, 4) is 17.6 Å². The highest BCUT2D eigenvalue weighted by Crippen LogP contribution is 2.29. The predicted molar refractivity (Wildman–Crippen MR) is 69.9 cm³/mol. The van der Waals surface area contributed by atoms with Gasteiger partial charge in [-0.1, -0.05) is 6.07 Å². The van der Waals surface area contributed by atoms with Crippen LogP contribution >= 0.6 is 0 Å². The lowest BCUT2D eigenvalue weighted by Crippen LogP contribution is -2.04. The number of benzene rings is 1. The van der Waals surface area contributed by atoms with Crippen LogP contribution in [-0.2, 0) is 14.3 Å². The van der Waals surface area contributed by atoms with E-state index in [-0.39, 0.29) is 11.3 Å². The number of rotatable bonds is 4. The van der Waals surface area contributed by atoms with Gasteiger partial charge in [0.2, 0.25) is 0 Å². The average Bonchev–Trinajstić information content (AvgIpc) is 2.44. The Morgan fingerprint density at radius 3 is 2.45 bits per heavy atom. The van der Waals surface area contributed by atoms with Crippen molar-refractivity contribution < 1.29 is 23.8 Å². The van der Waals surface area contributed by atoms with Crippen molar-refractivity contribution >= 4 is 18.0 Å². The van der Waals surface area contributed by atoms with Crippen LogP contribution in [0.15, 0.2) is 23.8 Å². The van der Waals surface area contributed by atoms with E-state index < -0.39 is 11.9 Å². The first kappa shape index (κ1) is 15.2. The summed E-state index contributed by atoms with van der Waals surface area (Å²) in [7, 11) is 2.61. The Kier molecular flexibility index (Phi) is 5.30. The zero-order valence-corrected chi connectivity index (χ0v) is 11.3. The number of nitrogens with zero attached hydrogens (tertiary/aromatic N) is 1. The molecule has 0 N–H and O–H groups in total. The van der Waals surface area contributed by atoms with Gasteiger partial charge in [0.1, 0.15) is 11.6 Å². The minimum atomic E-state index is -0.726. The summed E-state index contributed by atoms with van der Waals surface area (Å²) in [5, 5.41) is 8.87. The van der Waals surface area contributed by atoms with Crippen LogP contribution in [-0.4, -0.2) is 26.2 Å². The maximum atomic E-state index is 11.3. The Labute approximate surface area is 116 Å². The van der Waals surface area contributed by atoms with E-state index in [0.29, 0.717) is 11.3 Å². The molecular formula is C14H13NO5. The first-order valence-electron chi connectivity index (χ1n) is 5.58. The molecule has 0 aliphatic heterocycles. The largest absolute Gasteiger partial charge is 0.493 e. The number of nitriles is 1.